The van der Waals surface area contributed by atoms with E-state index in [9.17, 15) is 0 Å². The minimum atomic E-state index is -0.271. The molecule has 3 heteroatoms. The fourth-order valence-electron chi connectivity index (χ4n) is 4.15. The van der Waals surface area contributed by atoms with Crippen LogP contribution >= 0.6 is 0 Å². The van der Waals surface area contributed by atoms with Gasteiger partial charge in [0.1, 0.15) is 0 Å². The minimum absolute atomic E-state index is 0.271. The highest BCUT2D eigenvalue weighted by Gasteiger charge is 2.71. The third kappa shape index (κ3) is 1.26. The van der Waals surface area contributed by atoms with Crippen molar-refractivity contribution < 1.29 is 9.47 Å². The van der Waals surface area contributed by atoms with Gasteiger partial charge in [-0.05, 0) is 30.6 Å². The summed E-state index contributed by atoms with van der Waals surface area (Å²) in [5, 5.41) is 8.74. The molecule has 1 aliphatic heterocycles. The zero-order valence-electron chi connectivity index (χ0n) is 9.87. The lowest BCUT2D eigenvalue weighted by molar-refractivity contribution is -0.193. The maximum absolute atomic E-state index is 8.74. The van der Waals surface area contributed by atoms with E-state index in [0.717, 1.165) is 32.0 Å². The van der Waals surface area contributed by atoms with E-state index in [0.29, 0.717) is 17.8 Å². The van der Waals surface area contributed by atoms with Crippen LogP contribution in [0.5, 0.6) is 0 Å². The van der Waals surface area contributed by atoms with Crippen LogP contribution in [0.3, 0.4) is 0 Å². The van der Waals surface area contributed by atoms with Crippen molar-refractivity contribution in [1.29, 1.82) is 5.26 Å². The van der Waals surface area contributed by atoms with Gasteiger partial charge in [-0.25, -0.2) is 0 Å². The first-order valence-corrected chi connectivity index (χ1v) is 6.38. The van der Waals surface area contributed by atoms with Crippen LogP contribution in [-0.2, 0) is 9.47 Å². The monoisotopic (exact) mass is 221 g/mol. The molecule has 0 unspecified atom stereocenters. The zero-order chi connectivity index (χ0) is 11.2. The van der Waals surface area contributed by atoms with Crippen LogP contribution in [-0.4, -0.2) is 19.0 Å². The van der Waals surface area contributed by atoms with Gasteiger partial charge in [0.05, 0.1) is 19.3 Å². The third-order valence-corrected chi connectivity index (χ3v) is 4.92. The normalized spacial score (nSPS) is 44.0. The molecule has 1 spiro atoms. The first-order valence-electron chi connectivity index (χ1n) is 6.38. The smallest absolute Gasteiger partial charge is 0.172 e. The van der Waals surface area contributed by atoms with Gasteiger partial charge in [0.2, 0.25) is 0 Å². The lowest BCUT2D eigenvalue weighted by atomic mass is 9.93. The van der Waals surface area contributed by atoms with Crippen molar-refractivity contribution in [1.82, 2.24) is 0 Å². The first kappa shape index (κ1) is 10.6. The molecule has 0 radical (unpaired) electrons. The lowest BCUT2D eigenvalue weighted by Crippen LogP contribution is -2.37. The summed E-state index contributed by atoms with van der Waals surface area (Å²) < 4.78 is 11.8. The molecule has 3 nitrogen and oxygen atoms in total. The number of rotatable bonds is 2. The Labute approximate surface area is 96.7 Å². The van der Waals surface area contributed by atoms with Gasteiger partial charge >= 0.3 is 0 Å². The Morgan fingerprint density at radius 2 is 2.12 bits per heavy atom. The predicted octanol–water partition coefficient (Wildman–Crippen LogP) is 2.47. The van der Waals surface area contributed by atoms with E-state index in [2.05, 4.69) is 13.0 Å². The second-order valence-electron chi connectivity index (χ2n) is 5.65. The Hall–Kier alpha value is -0.590. The number of fused-ring (bicyclic) bond motifs is 2. The molecule has 3 rings (SSSR count). The van der Waals surface area contributed by atoms with Gasteiger partial charge in [-0.1, -0.05) is 6.92 Å². The SMILES string of the molecule is C[C@@]1(CCC#N)[C@H]2CCCC3(OCCO3)[C@H]21. The standard InChI is InChI=1S/C13H19NO2/c1-12(5-3-7-14)10-4-2-6-13(11(10)12)15-8-9-16-13/h10-11H,2-6,8-9H2,1H3/t10-,11+,12+/m0/s1. The molecule has 1 saturated heterocycles. The van der Waals surface area contributed by atoms with Crippen LogP contribution in [0.2, 0.25) is 0 Å². The number of ether oxygens (including phenoxy) is 2. The molecule has 0 bridgehead atoms. The van der Waals surface area contributed by atoms with E-state index in [1.165, 1.54) is 12.8 Å². The molecule has 16 heavy (non-hydrogen) atoms. The van der Waals surface area contributed by atoms with E-state index in [1.54, 1.807) is 0 Å². The van der Waals surface area contributed by atoms with Crippen molar-refractivity contribution in [2.45, 2.75) is 44.8 Å². The lowest BCUT2D eigenvalue weighted by Gasteiger charge is -2.31. The number of hydrogen-bond acceptors (Lipinski definition) is 3. The van der Waals surface area contributed by atoms with Crippen LogP contribution in [0.1, 0.15) is 39.0 Å². The molecule has 0 aromatic rings. The third-order valence-electron chi connectivity index (χ3n) is 4.92. The Balaban J connectivity index is 1.78. The fraction of sp³-hybridized carbons (Fsp3) is 0.923. The molecule has 1 heterocycles. The Morgan fingerprint density at radius 1 is 1.38 bits per heavy atom. The summed E-state index contributed by atoms with van der Waals surface area (Å²) in [5.74, 6) is 1.00. The summed E-state index contributed by atoms with van der Waals surface area (Å²) >= 11 is 0. The van der Waals surface area contributed by atoms with Gasteiger partial charge in [-0.3, -0.25) is 0 Å². The highest BCUT2D eigenvalue weighted by atomic mass is 16.7. The van der Waals surface area contributed by atoms with Gasteiger partial charge in [-0.2, -0.15) is 5.26 Å². The van der Waals surface area contributed by atoms with Crippen molar-refractivity contribution in [3.63, 3.8) is 0 Å². The summed E-state index contributed by atoms with van der Waals surface area (Å²) in [4.78, 5) is 0. The van der Waals surface area contributed by atoms with Crippen LogP contribution in [0, 0.1) is 28.6 Å². The van der Waals surface area contributed by atoms with Crippen LogP contribution < -0.4 is 0 Å². The van der Waals surface area contributed by atoms with Crippen LogP contribution in [0.25, 0.3) is 0 Å². The van der Waals surface area contributed by atoms with E-state index in [1.807, 2.05) is 0 Å². The van der Waals surface area contributed by atoms with Crippen molar-refractivity contribution in [3.05, 3.63) is 0 Å². The average Bonchev–Trinajstić information content (AvgIpc) is 2.69. The largest absolute Gasteiger partial charge is 0.347 e. The maximum atomic E-state index is 8.74. The van der Waals surface area contributed by atoms with Gasteiger partial charge in [0.15, 0.2) is 5.79 Å². The van der Waals surface area contributed by atoms with Gasteiger partial charge < -0.3 is 9.47 Å². The van der Waals surface area contributed by atoms with Crippen LogP contribution in [0.15, 0.2) is 0 Å². The molecule has 3 fully saturated rings. The molecule has 3 atom stereocenters. The quantitative estimate of drug-likeness (QED) is 0.719. The Kier molecular flexibility index (Phi) is 2.28. The molecular formula is C13H19NO2. The number of nitriles is 1. The second kappa shape index (κ2) is 3.45. The van der Waals surface area contributed by atoms with E-state index >= 15 is 0 Å². The van der Waals surface area contributed by atoms with E-state index in [4.69, 9.17) is 14.7 Å². The van der Waals surface area contributed by atoms with Crippen molar-refractivity contribution >= 4 is 0 Å². The molecule has 0 aromatic carbocycles. The molecule has 3 aliphatic rings. The molecule has 88 valence electrons. The zero-order valence-corrected chi connectivity index (χ0v) is 9.87. The molecule has 0 N–H and O–H groups in total. The molecule has 0 aromatic heterocycles. The average molecular weight is 221 g/mol. The summed E-state index contributed by atoms with van der Waals surface area (Å²) in [6.07, 6.45) is 5.23. The van der Waals surface area contributed by atoms with Gasteiger partial charge in [-0.15, -0.1) is 0 Å². The van der Waals surface area contributed by atoms with E-state index < -0.39 is 0 Å². The second-order valence-corrected chi connectivity index (χ2v) is 5.65. The highest BCUT2D eigenvalue weighted by Crippen LogP contribution is 2.71. The topological polar surface area (TPSA) is 42.2 Å². The van der Waals surface area contributed by atoms with Crippen molar-refractivity contribution in [2.24, 2.45) is 17.3 Å². The first-order chi connectivity index (χ1) is 7.73. The Bertz CT molecular complexity index is 329. The van der Waals surface area contributed by atoms with Gasteiger partial charge in [0, 0.05) is 18.8 Å². The molecule has 0 amide bonds. The fourth-order valence-corrected chi connectivity index (χ4v) is 4.15. The van der Waals surface area contributed by atoms with Crippen molar-refractivity contribution in [2.75, 3.05) is 13.2 Å². The number of nitrogens with zero attached hydrogens (tertiary/aromatic N) is 1. The molecule has 2 saturated carbocycles. The summed E-state index contributed by atoms with van der Waals surface area (Å²) in [6.45, 7) is 3.81. The Morgan fingerprint density at radius 3 is 2.81 bits per heavy atom. The summed E-state index contributed by atoms with van der Waals surface area (Å²) in [6, 6.07) is 2.27. The van der Waals surface area contributed by atoms with E-state index in [-0.39, 0.29) is 5.79 Å². The number of hydrogen-bond donors (Lipinski definition) is 0. The minimum Gasteiger partial charge on any atom is -0.347 e. The summed E-state index contributed by atoms with van der Waals surface area (Å²) in [7, 11) is 0. The molecular weight excluding hydrogens is 202 g/mol. The van der Waals surface area contributed by atoms with Crippen molar-refractivity contribution in [3.8, 4) is 6.07 Å². The summed E-state index contributed by atoms with van der Waals surface area (Å²) in [5.41, 5.74) is 0.302. The van der Waals surface area contributed by atoms with Gasteiger partial charge in [0.25, 0.3) is 0 Å². The predicted molar refractivity (Wildman–Crippen MR) is 58.4 cm³/mol. The molecule has 2 aliphatic carbocycles. The highest BCUT2D eigenvalue weighted by molar-refractivity contribution is 5.16. The van der Waals surface area contributed by atoms with Crippen LogP contribution in [0.4, 0.5) is 0 Å². The maximum Gasteiger partial charge on any atom is 0.172 e.